The molecular formula is C11H11FN2O2. The highest BCUT2D eigenvalue weighted by atomic mass is 19.1. The van der Waals surface area contributed by atoms with E-state index in [0.29, 0.717) is 22.8 Å². The molecule has 0 fully saturated rings. The predicted octanol–water partition coefficient (Wildman–Crippen LogP) is 1.72. The van der Waals surface area contributed by atoms with Gasteiger partial charge in [0.25, 0.3) is 0 Å². The number of rotatable bonds is 3. The molecule has 0 saturated heterocycles. The number of halogens is 1. The fourth-order valence-electron chi connectivity index (χ4n) is 1.44. The van der Waals surface area contributed by atoms with Gasteiger partial charge in [-0.2, -0.15) is 0 Å². The zero-order chi connectivity index (χ0) is 11.5. The highest BCUT2D eigenvalue weighted by molar-refractivity contribution is 5.64. The number of aliphatic hydroxyl groups is 1. The summed E-state index contributed by atoms with van der Waals surface area (Å²) < 4.78 is 18.2. The summed E-state index contributed by atoms with van der Waals surface area (Å²) in [6.45, 7) is -0.134. The molecule has 0 amide bonds. The lowest BCUT2D eigenvalue weighted by Gasteiger charge is -2.05. The molecule has 84 valence electrons. The van der Waals surface area contributed by atoms with Crippen molar-refractivity contribution in [2.45, 2.75) is 6.61 Å². The van der Waals surface area contributed by atoms with Crippen molar-refractivity contribution < 1.29 is 14.2 Å². The molecule has 0 atom stereocenters. The molecule has 0 aliphatic carbocycles. The summed E-state index contributed by atoms with van der Waals surface area (Å²) in [5.74, 6) is 0.637. The van der Waals surface area contributed by atoms with Crippen LogP contribution in [0.3, 0.4) is 0 Å². The molecule has 0 saturated carbocycles. The largest absolute Gasteiger partial charge is 0.496 e. The smallest absolute Gasteiger partial charge is 0.141 e. The minimum absolute atomic E-state index is 0.134. The van der Waals surface area contributed by atoms with E-state index in [0.717, 1.165) is 0 Å². The van der Waals surface area contributed by atoms with Crippen molar-refractivity contribution in [3.05, 3.63) is 35.9 Å². The van der Waals surface area contributed by atoms with Crippen molar-refractivity contribution in [3.8, 4) is 17.1 Å². The van der Waals surface area contributed by atoms with Gasteiger partial charge in [-0.25, -0.2) is 9.37 Å². The van der Waals surface area contributed by atoms with E-state index in [4.69, 9.17) is 9.84 Å². The van der Waals surface area contributed by atoms with Gasteiger partial charge in [-0.05, 0) is 18.2 Å². The van der Waals surface area contributed by atoms with Crippen molar-refractivity contribution in [1.82, 2.24) is 9.97 Å². The molecule has 0 spiro atoms. The number of nitrogens with one attached hydrogen (secondary N) is 1. The van der Waals surface area contributed by atoms with Crippen LogP contribution in [0.5, 0.6) is 5.75 Å². The third-order valence-electron chi connectivity index (χ3n) is 2.22. The van der Waals surface area contributed by atoms with Crippen LogP contribution in [-0.4, -0.2) is 22.2 Å². The van der Waals surface area contributed by atoms with E-state index < -0.39 is 0 Å². The summed E-state index contributed by atoms with van der Waals surface area (Å²) in [7, 11) is 1.51. The van der Waals surface area contributed by atoms with E-state index in [9.17, 15) is 4.39 Å². The Hall–Kier alpha value is -1.88. The summed E-state index contributed by atoms with van der Waals surface area (Å²) in [5, 5.41) is 8.90. The van der Waals surface area contributed by atoms with Gasteiger partial charge in [-0.1, -0.05) is 0 Å². The summed E-state index contributed by atoms with van der Waals surface area (Å²) in [4.78, 5) is 6.92. The molecule has 2 N–H and O–H groups in total. The Morgan fingerprint density at radius 3 is 2.94 bits per heavy atom. The van der Waals surface area contributed by atoms with Gasteiger partial charge in [0, 0.05) is 0 Å². The van der Waals surface area contributed by atoms with Crippen LogP contribution in [0.1, 0.15) is 5.69 Å². The van der Waals surface area contributed by atoms with Crippen LogP contribution in [0.25, 0.3) is 11.4 Å². The van der Waals surface area contributed by atoms with E-state index in [2.05, 4.69) is 9.97 Å². The number of aromatic nitrogens is 2. The van der Waals surface area contributed by atoms with Gasteiger partial charge in [0.1, 0.15) is 17.4 Å². The van der Waals surface area contributed by atoms with E-state index in [1.165, 1.54) is 31.5 Å². The molecule has 16 heavy (non-hydrogen) atoms. The lowest BCUT2D eigenvalue weighted by molar-refractivity contribution is 0.277. The minimum atomic E-state index is -0.363. The van der Waals surface area contributed by atoms with Crippen LogP contribution < -0.4 is 4.74 Å². The van der Waals surface area contributed by atoms with E-state index in [1.807, 2.05) is 0 Å². The van der Waals surface area contributed by atoms with E-state index in [1.54, 1.807) is 0 Å². The number of methoxy groups -OCH3 is 1. The quantitative estimate of drug-likeness (QED) is 0.831. The first-order chi connectivity index (χ1) is 7.74. The second-order valence-corrected chi connectivity index (χ2v) is 3.26. The molecule has 2 aromatic rings. The molecule has 0 radical (unpaired) electrons. The average Bonchev–Trinajstić information content (AvgIpc) is 2.77. The normalized spacial score (nSPS) is 10.4. The van der Waals surface area contributed by atoms with Crippen molar-refractivity contribution in [3.63, 3.8) is 0 Å². The molecule has 0 aliphatic heterocycles. The molecule has 2 rings (SSSR count). The monoisotopic (exact) mass is 222 g/mol. The Kier molecular flexibility index (Phi) is 2.87. The summed E-state index contributed by atoms with van der Waals surface area (Å²) in [5.41, 5.74) is 1.10. The van der Waals surface area contributed by atoms with Crippen LogP contribution in [0.2, 0.25) is 0 Å². The number of aliphatic hydroxyl groups excluding tert-OH is 1. The van der Waals surface area contributed by atoms with Crippen LogP contribution in [0, 0.1) is 5.82 Å². The van der Waals surface area contributed by atoms with Gasteiger partial charge in [0.05, 0.1) is 31.2 Å². The Labute approximate surface area is 91.7 Å². The fraction of sp³-hybridized carbons (Fsp3) is 0.182. The Morgan fingerprint density at radius 1 is 1.50 bits per heavy atom. The van der Waals surface area contributed by atoms with Crippen LogP contribution in [-0.2, 0) is 6.61 Å². The number of hydrogen-bond donors (Lipinski definition) is 2. The zero-order valence-electron chi connectivity index (χ0n) is 8.70. The van der Waals surface area contributed by atoms with Gasteiger partial charge in [0.15, 0.2) is 0 Å². The summed E-state index contributed by atoms with van der Waals surface area (Å²) in [6.07, 6.45) is 1.50. The molecule has 1 aromatic carbocycles. The predicted molar refractivity (Wildman–Crippen MR) is 56.5 cm³/mol. The molecule has 4 nitrogen and oxygen atoms in total. The Balaban J connectivity index is 2.49. The summed E-state index contributed by atoms with van der Waals surface area (Å²) in [6, 6.07) is 4.18. The molecule has 5 heteroatoms. The third-order valence-corrected chi connectivity index (χ3v) is 2.22. The third kappa shape index (κ3) is 1.90. The van der Waals surface area contributed by atoms with Crippen molar-refractivity contribution in [1.29, 1.82) is 0 Å². The van der Waals surface area contributed by atoms with Crippen molar-refractivity contribution in [2.75, 3.05) is 7.11 Å². The van der Waals surface area contributed by atoms with Crippen LogP contribution in [0.4, 0.5) is 4.39 Å². The number of hydrogen-bond acceptors (Lipinski definition) is 3. The minimum Gasteiger partial charge on any atom is -0.496 e. The van der Waals surface area contributed by atoms with Crippen molar-refractivity contribution >= 4 is 0 Å². The fourth-order valence-corrected chi connectivity index (χ4v) is 1.44. The second-order valence-electron chi connectivity index (χ2n) is 3.26. The number of ether oxygens (including phenoxy) is 1. The average molecular weight is 222 g/mol. The topological polar surface area (TPSA) is 58.1 Å². The number of H-pyrrole nitrogens is 1. The lowest BCUT2D eigenvalue weighted by Crippen LogP contribution is -1.91. The molecule has 1 aromatic heterocycles. The van der Waals surface area contributed by atoms with Gasteiger partial charge >= 0.3 is 0 Å². The van der Waals surface area contributed by atoms with Gasteiger partial charge in [-0.3, -0.25) is 0 Å². The van der Waals surface area contributed by atoms with E-state index >= 15 is 0 Å². The first-order valence-corrected chi connectivity index (χ1v) is 4.73. The molecule has 1 heterocycles. The zero-order valence-corrected chi connectivity index (χ0v) is 8.70. The van der Waals surface area contributed by atoms with Crippen LogP contribution in [0.15, 0.2) is 24.4 Å². The highest BCUT2D eigenvalue weighted by Crippen LogP contribution is 2.28. The van der Waals surface area contributed by atoms with E-state index in [-0.39, 0.29) is 12.4 Å². The molecule has 0 bridgehead atoms. The number of aromatic amines is 1. The highest BCUT2D eigenvalue weighted by Gasteiger charge is 2.10. The van der Waals surface area contributed by atoms with Gasteiger partial charge in [0.2, 0.25) is 0 Å². The van der Waals surface area contributed by atoms with Crippen molar-refractivity contribution in [2.24, 2.45) is 0 Å². The molecule has 0 aliphatic rings. The number of benzene rings is 1. The lowest BCUT2D eigenvalue weighted by atomic mass is 10.2. The maximum absolute atomic E-state index is 13.1. The Morgan fingerprint density at radius 2 is 2.31 bits per heavy atom. The van der Waals surface area contributed by atoms with Gasteiger partial charge < -0.3 is 14.8 Å². The molecular weight excluding hydrogens is 211 g/mol. The maximum atomic E-state index is 13.1. The summed E-state index contributed by atoms with van der Waals surface area (Å²) >= 11 is 0. The molecule has 0 unspecified atom stereocenters. The second kappa shape index (κ2) is 4.32. The standard InChI is InChI=1S/C11H11FN2O2/c1-16-10-3-2-7(12)4-9(10)11-13-5-8(6-15)14-11/h2-5,15H,6H2,1H3,(H,13,14). The first kappa shape index (κ1) is 10.6. The number of nitrogens with zero attached hydrogens (tertiary/aromatic N) is 1. The van der Waals surface area contributed by atoms with Gasteiger partial charge in [-0.15, -0.1) is 0 Å². The number of imidazole rings is 1. The maximum Gasteiger partial charge on any atom is 0.141 e. The Bertz CT molecular complexity index is 496. The SMILES string of the molecule is COc1ccc(F)cc1-c1ncc(CO)[nH]1. The first-order valence-electron chi connectivity index (χ1n) is 4.73. The van der Waals surface area contributed by atoms with Crippen LogP contribution >= 0.6 is 0 Å².